The normalized spacial score (nSPS) is 14.5. The molecule has 184 valence electrons. The molecular weight excluding hydrogens is 444 g/mol. The van der Waals surface area contributed by atoms with E-state index in [4.69, 9.17) is 4.52 Å². The van der Waals surface area contributed by atoms with Crippen molar-refractivity contribution in [3.05, 3.63) is 107 Å². The molecule has 0 saturated carbocycles. The van der Waals surface area contributed by atoms with E-state index < -0.39 is 0 Å². The van der Waals surface area contributed by atoms with Gasteiger partial charge in [-0.2, -0.15) is 0 Å². The van der Waals surface area contributed by atoms with Gasteiger partial charge in [-0.15, -0.1) is 0 Å². The summed E-state index contributed by atoms with van der Waals surface area (Å²) in [5.74, 6) is 0.863. The highest BCUT2D eigenvalue weighted by Gasteiger charge is 2.16. The van der Waals surface area contributed by atoms with Crippen LogP contribution >= 0.6 is 0 Å². The molecule has 1 aliphatic heterocycles. The Morgan fingerprint density at radius 2 is 1.53 bits per heavy atom. The van der Waals surface area contributed by atoms with Crippen molar-refractivity contribution in [2.45, 2.75) is 13.5 Å². The Bertz CT molecular complexity index is 1240. The fraction of sp³-hybridized carbons (Fsp3) is 0.258. The summed E-state index contributed by atoms with van der Waals surface area (Å²) in [5, 5.41) is 7.78. The van der Waals surface area contributed by atoms with Gasteiger partial charge >= 0.3 is 0 Å². The van der Waals surface area contributed by atoms with Gasteiger partial charge in [-0.1, -0.05) is 89.6 Å². The molecule has 5 heteroatoms. The van der Waals surface area contributed by atoms with E-state index in [2.05, 4.69) is 100 Å². The number of aryl methyl sites for hydroxylation is 1. The third-order valence-corrected chi connectivity index (χ3v) is 6.71. The number of aromatic nitrogens is 1. The van der Waals surface area contributed by atoms with Crippen molar-refractivity contribution in [1.82, 2.24) is 15.4 Å². The molecule has 0 unspecified atom stereocenters. The second kappa shape index (κ2) is 11.8. The highest BCUT2D eigenvalue weighted by Crippen LogP contribution is 2.21. The van der Waals surface area contributed by atoms with Crippen molar-refractivity contribution in [3.63, 3.8) is 0 Å². The number of anilines is 1. The summed E-state index contributed by atoms with van der Waals surface area (Å²) in [6, 6.07) is 29.6. The Labute approximate surface area is 214 Å². The van der Waals surface area contributed by atoms with Crippen LogP contribution in [-0.2, 0) is 6.54 Å². The van der Waals surface area contributed by atoms with Gasteiger partial charge in [0.2, 0.25) is 0 Å². The first kappa shape index (κ1) is 24.0. The first-order chi connectivity index (χ1) is 17.7. The van der Waals surface area contributed by atoms with E-state index in [0.717, 1.165) is 61.8 Å². The standard InChI is InChI=1S/C31H34N4O/c1-25-7-15-29(16-8-25)35-21-19-34(20-22-35)18-17-32-24-30-23-31(33-36-30)28-13-11-27(12-14-28)10-9-26-5-3-2-4-6-26/h2-16,23,32H,17-22,24H2,1H3. The highest BCUT2D eigenvalue weighted by atomic mass is 16.5. The SMILES string of the molecule is Cc1ccc(N2CCN(CCNCc3cc(-c4ccc(C=Cc5ccccc5)cc4)no3)CC2)cc1. The van der Waals surface area contributed by atoms with Crippen LogP contribution in [0.3, 0.4) is 0 Å². The van der Waals surface area contributed by atoms with E-state index in [0.29, 0.717) is 6.54 Å². The van der Waals surface area contributed by atoms with Crippen LogP contribution in [0, 0.1) is 6.92 Å². The minimum Gasteiger partial charge on any atom is -0.369 e. The lowest BCUT2D eigenvalue weighted by molar-refractivity contribution is 0.255. The fourth-order valence-electron chi connectivity index (χ4n) is 4.49. The number of benzene rings is 3. The lowest BCUT2D eigenvalue weighted by Crippen LogP contribution is -2.48. The van der Waals surface area contributed by atoms with Crippen molar-refractivity contribution < 1.29 is 4.52 Å². The van der Waals surface area contributed by atoms with Crippen molar-refractivity contribution in [2.24, 2.45) is 0 Å². The predicted octanol–water partition coefficient (Wildman–Crippen LogP) is 5.73. The van der Waals surface area contributed by atoms with Gasteiger partial charge in [0, 0.05) is 56.6 Å². The lowest BCUT2D eigenvalue weighted by Gasteiger charge is -2.36. The first-order valence-electron chi connectivity index (χ1n) is 12.8. The van der Waals surface area contributed by atoms with Crippen LogP contribution in [0.4, 0.5) is 5.69 Å². The second-order valence-electron chi connectivity index (χ2n) is 9.39. The highest BCUT2D eigenvalue weighted by molar-refractivity contribution is 5.71. The van der Waals surface area contributed by atoms with E-state index in [1.54, 1.807) is 0 Å². The minimum absolute atomic E-state index is 0.689. The van der Waals surface area contributed by atoms with Gasteiger partial charge < -0.3 is 14.7 Å². The van der Waals surface area contributed by atoms with Crippen LogP contribution in [0.2, 0.25) is 0 Å². The summed E-state index contributed by atoms with van der Waals surface area (Å²) < 4.78 is 5.57. The lowest BCUT2D eigenvalue weighted by atomic mass is 10.1. The molecule has 0 atom stereocenters. The molecule has 36 heavy (non-hydrogen) atoms. The molecule has 1 N–H and O–H groups in total. The number of nitrogens with one attached hydrogen (secondary N) is 1. The van der Waals surface area contributed by atoms with E-state index in [1.807, 2.05) is 24.3 Å². The summed E-state index contributed by atoms with van der Waals surface area (Å²) in [7, 11) is 0. The van der Waals surface area contributed by atoms with E-state index >= 15 is 0 Å². The average molecular weight is 479 g/mol. The summed E-state index contributed by atoms with van der Waals surface area (Å²) in [5.41, 5.74) is 6.93. The molecule has 0 bridgehead atoms. The molecule has 0 aliphatic carbocycles. The van der Waals surface area contributed by atoms with Gasteiger partial charge in [0.15, 0.2) is 5.76 Å². The molecule has 5 nitrogen and oxygen atoms in total. The van der Waals surface area contributed by atoms with Gasteiger partial charge in [-0.05, 0) is 30.2 Å². The largest absolute Gasteiger partial charge is 0.369 e. The van der Waals surface area contributed by atoms with Gasteiger partial charge in [0.1, 0.15) is 5.69 Å². The Morgan fingerprint density at radius 3 is 2.25 bits per heavy atom. The average Bonchev–Trinajstić information content (AvgIpc) is 3.41. The predicted molar refractivity (Wildman–Crippen MR) is 149 cm³/mol. The second-order valence-corrected chi connectivity index (χ2v) is 9.39. The summed E-state index contributed by atoms with van der Waals surface area (Å²) in [6.45, 7) is 9.15. The Kier molecular flexibility index (Phi) is 7.91. The van der Waals surface area contributed by atoms with Gasteiger partial charge in [-0.25, -0.2) is 0 Å². The number of rotatable bonds is 9. The summed E-state index contributed by atoms with van der Waals surface area (Å²) in [4.78, 5) is 5.00. The van der Waals surface area contributed by atoms with Crippen LogP contribution in [0.1, 0.15) is 22.5 Å². The maximum atomic E-state index is 5.57. The summed E-state index contributed by atoms with van der Waals surface area (Å²) >= 11 is 0. The maximum absolute atomic E-state index is 5.57. The molecule has 1 aromatic heterocycles. The molecule has 4 aromatic rings. The van der Waals surface area contributed by atoms with Crippen LogP contribution in [0.25, 0.3) is 23.4 Å². The van der Waals surface area contributed by atoms with Crippen LogP contribution in [0.15, 0.2) is 89.5 Å². The maximum Gasteiger partial charge on any atom is 0.151 e. The van der Waals surface area contributed by atoms with Gasteiger partial charge in [-0.3, -0.25) is 4.90 Å². The van der Waals surface area contributed by atoms with Crippen molar-refractivity contribution in [3.8, 4) is 11.3 Å². The topological polar surface area (TPSA) is 44.5 Å². The van der Waals surface area contributed by atoms with E-state index in [9.17, 15) is 0 Å². The van der Waals surface area contributed by atoms with Crippen LogP contribution in [-0.4, -0.2) is 49.3 Å². The molecule has 0 amide bonds. The smallest absolute Gasteiger partial charge is 0.151 e. The van der Waals surface area contributed by atoms with Gasteiger partial charge in [0.05, 0.1) is 6.54 Å². The third kappa shape index (κ3) is 6.51. The van der Waals surface area contributed by atoms with Crippen molar-refractivity contribution >= 4 is 17.8 Å². The zero-order valence-corrected chi connectivity index (χ0v) is 20.9. The molecular formula is C31H34N4O. The van der Waals surface area contributed by atoms with E-state index in [-0.39, 0.29) is 0 Å². The molecule has 0 spiro atoms. The van der Waals surface area contributed by atoms with Gasteiger partial charge in [0.25, 0.3) is 0 Å². The number of hydrogen-bond donors (Lipinski definition) is 1. The van der Waals surface area contributed by atoms with Crippen molar-refractivity contribution in [1.29, 1.82) is 0 Å². The molecule has 5 rings (SSSR count). The Morgan fingerprint density at radius 1 is 0.833 bits per heavy atom. The Balaban J connectivity index is 1.04. The zero-order chi connectivity index (χ0) is 24.6. The van der Waals surface area contributed by atoms with Crippen LogP contribution in [0.5, 0.6) is 0 Å². The molecule has 1 saturated heterocycles. The molecule has 0 radical (unpaired) electrons. The zero-order valence-electron chi connectivity index (χ0n) is 20.9. The quantitative estimate of drug-likeness (QED) is 0.246. The Hall–Kier alpha value is -3.67. The molecule has 1 aliphatic rings. The number of nitrogens with zero attached hydrogens (tertiary/aromatic N) is 3. The molecule has 3 aromatic carbocycles. The third-order valence-electron chi connectivity index (χ3n) is 6.71. The molecule has 1 fully saturated rings. The first-order valence-corrected chi connectivity index (χ1v) is 12.8. The van der Waals surface area contributed by atoms with Crippen molar-refractivity contribution in [2.75, 3.05) is 44.2 Å². The minimum atomic E-state index is 0.689. The number of hydrogen-bond acceptors (Lipinski definition) is 5. The summed E-state index contributed by atoms with van der Waals surface area (Å²) in [6.07, 6.45) is 4.25. The fourth-order valence-corrected chi connectivity index (χ4v) is 4.49. The molecule has 2 heterocycles. The number of piperazine rings is 1. The van der Waals surface area contributed by atoms with E-state index in [1.165, 1.54) is 16.8 Å². The van der Waals surface area contributed by atoms with Crippen LogP contribution < -0.4 is 10.2 Å². The monoisotopic (exact) mass is 478 g/mol.